The van der Waals surface area contributed by atoms with E-state index < -0.39 is 5.97 Å². The van der Waals surface area contributed by atoms with Crippen molar-refractivity contribution in [2.45, 2.75) is 45.6 Å². The van der Waals surface area contributed by atoms with Gasteiger partial charge in [0, 0.05) is 12.0 Å². The van der Waals surface area contributed by atoms with Crippen molar-refractivity contribution in [2.75, 3.05) is 19.7 Å². The van der Waals surface area contributed by atoms with Crippen LogP contribution in [0.1, 0.15) is 40.0 Å². The molecule has 92 valence electrons. The molecule has 1 aliphatic carbocycles. The number of esters is 1. The van der Waals surface area contributed by atoms with Crippen LogP contribution in [0.3, 0.4) is 0 Å². The maximum atomic E-state index is 11.6. The zero-order chi connectivity index (χ0) is 12.2. The number of ketones is 1. The van der Waals surface area contributed by atoms with Gasteiger partial charge in [0.05, 0.1) is 6.61 Å². The molecule has 0 radical (unpaired) electrons. The first-order chi connectivity index (χ1) is 7.59. The summed E-state index contributed by atoms with van der Waals surface area (Å²) in [5.41, 5.74) is -0.0483. The highest BCUT2D eigenvalue weighted by atomic mass is 16.5. The molecule has 0 aromatic carbocycles. The topological polar surface area (TPSA) is 46.6 Å². The normalized spacial score (nSPS) is 17.2. The molecule has 0 unspecified atom stereocenters. The molecule has 0 saturated heterocycles. The maximum absolute atomic E-state index is 11.6. The molecule has 0 amide bonds. The maximum Gasteiger partial charge on any atom is 0.374 e. The predicted molar refractivity (Wildman–Crippen MR) is 61.1 cm³/mol. The van der Waals surface area contributed by atoms with Gasteiger partial charge < -0.3 is 4.74 Å². The van der Waals surface area contributed by atoms with Crippen LogP contribution in [0.15, 0.2) is 0 Å². The third kappa shape index (κ3) is 2.82. The van der Waals surface area contributed by atoms with Gasteiger partial charge in [-0.25, -0.2) is 4.79 Å². The lowest BCUT2D eigenvalue weighted by molar-refractivity contribution is -0.154. The van der Waals surface area contributed by atoms with Crippen molar-refractivity contribution in [1.82, 2.24) is 4.90 Å². The molecule has 0 bridgehead atoms. The molecule has 16 heavy (non-hydrogen) atoms. The Labute approximate surface area is 96.9 Å². The fourth-order valence-corrected chi connectivity index (χ4v) is 2.23. The van der Waals surface area contributed by atoms with E-state index in [0.717, 1.165) is 25.9 Å². The van der Waals surface area contributed by atoms with Crippen molar-refractivity contribution in [3.8, 4) is 0 Å². The smallest absolute Gasteiger partial charge is 0.374 e. The van der Waals surface area contributed by atoms with Crippen LogP contribution in [0.25, 0.3) is 0 Å². The number of carbonyl (C=O) groups excluding carboxylic acids is 2. The molecular formula is C12H21NO3. The zero-order valence-electron chi connectivity index (χ0n) is 10.4. The van der Waals surface area contributed by atoms with Gasteiger partial charge in [-0.3, -0.25) is 9.69 Å². The lowest BCUT2D eigenvalue weighted by Crippen LogP contribution is -2.40. The summed E-state index contributed by atoms with van der Waals surface area (Å²) in [6.07, 6.45) is 2.34. The fraction of sp³-hybridized carbons (Fsp3) is 0.833. The van der Waals surface area contributed by atoms with E-state index in [-0.39, 0.29) is 17.9 Å². The van der Waals surface area contributed by atoms with Crippen molar-refractivity contribution in [3.05, 3.63) is 0 Å². The zero-order valence-corrected chi connectivity index (χ0v) is 10.4. The van der Waals surface area contributed by atoms with Gasteiger partial charge in [0.25, 0.3) is 0 Å². The third-order valence-electron chi connectivity index (χ3n) is 3.25. The Morgan fingerprint density at radius 2 is 1.75 bits per heavy atom. The summed E-state index contributed by atoms with van der Waals surface area (Å²) in [5.74, 6) is -1.06. The van der Waals surface area contributed by atoms with Crippen molar-refractivity contribution in [3.63, 3.8) is 0 Å². The molecule has 4 heteroatoms. The lowest BCUT2D eigenvalue weighted by Gasteiger charge is -2.28. The summed E-state index contributed by atoms with van der Waals surface area (Å²) < 4.78 is 4.72. The van der Waals surface area contributed by atoms with E-state index >= 15 is 0 Å². The molecule has 0 aromatic rings. The molecule has 0 aliphatic heterocycles. The van der Waals surface area contributed by atoms with Crippen molar-refractivity contribution < 1.29 is 14.3 Å². The summed E-state index contributed by atoms with van der Waals surface area (Å²) in [7, 11) is 0. The number of hydrogen-bond acceptors (Lipinski definition) is 4. The molecule has 0 spiro atoms. The summed E-state index contributed by atoms with van der Waals surface area (Å²) in [4.78, 5) is 25.1. The Morgan fingerprint density at radius 3 is 2.12 bits per heavy atom. The molecular weight excluding hydrogens is 206 g/mol. The number of Topliss-reactive ketones (excluding diaryl/α,β-unsaturated/α-hetero) is 1. The monoisotopic (exact) mass is 227 g/mol. The van der Waals surface area contributed by atoms with Crippen molar-refractivity contribution >= 4 is 11.8 Å². The van der Waals surface area contributed by atoms with E-state index in [0.29, 0.717) is 6.42 Å². The fourth-order valence-electron chi connectivity index (χ4n) is 2.23. The summed E-state index contributed by atoms with van der Waals surface area (Å²) in [6, 6.07) is 0. The van der Waals surface area contributed by atoms with Crippen LogP contribution in [0.2, 0.25) is 0 Å². The van der Waals surface area contributed by atoms with Gasteiger partial charge in [0.1, 0.15) is 0 Å². The molecule has 4 nitrogen and oxygen atoms in total. The quantitative estimate of drug-likeness (QED) is 0.487. The first-order valence-electron chi connectivity index (χ1n) is 6.04. The number of carbonyl (C=O) groups is 2. The van der Waals surface area contributed by atoms with Crippen LogP contribution in [0, 0.1) is 0 Å². The largest absolute Gasteiger partial charge is 0.460 e. The minimum Gasteiger partial charge on any atom is -0.460 e. The van der Waals surface area contributed by atoms with Gasteiger partial charge in [0.2, 0.25) is 5.78 Å². The molecule has 0 atom stereocenters. The second-order valence-electron chi connectivity index (χ2n) is 4.22. The van der Waals surface area contributed by atoms with Gasteiger partial charge in [-0.15, -0.1) is 0 Å². The highest BCUT2D eigenvalue weighted by Crippen LogP contribution is 2.44. The van der Waals surface area contributed by atoms with Crippen molar-refractivity contribution in [2.24, 2.45) is 0 Å². The second-order valence-corrected chi connectivity index (χ2v) is 4.22. The van der Waals surface area contributed by atoms with Gasteiger partial charge >= 0.3 is 5.97 Å². The minimum atomic E-state index is -0.680. The van der Waals surface area contributed by atoms with Gasteiger partial charge in [-0.05, 0) is 32.9 Å². The predicted octanol–water partition coefficient (Wildman–Crippen LogP) is 1.38. The van der Waals surface area contributed by atoms with E-state index in [1.54, 1.807) is 6.92 Å². The Bertz CT molecular complexity index is 267. The van der Waals surface area contributed by atoms with E-state index in [2.05, 4.69) is 18.7 Å². The second kappa shape index (κ2) is 5.43. The van der Waals surface area contributed by atoms with Crippen LogP contribution in [0.5, 0.6) is 0 Å². The average molecular weight is 227 g/mol. The SMILES string of the molecule is CCOC(=O)C(=O)CC1(N(CC)CC)CC1. The summed E-state index contributed by atoms with van der Waals surface area (Å²) in [6.45, 7) is 7.99. The Kier molecular flexibility index (Phi) is 4.47. The lowest BCUT2D eigenvalue weighted by atomic mass is 10.1. The number of hydrogen-bond donors (Lipinski definition) is 0. The van der Waals surface area contributed by atoms with Crippen LogP contribution in [-0.2, 0) is 14.3 Å². The highest BCUT2D eigenvalue weighted by Gasteiger charge is 2.49. The van der Waals surface area contributed by atoms with E-state index in [1.165, 1.54) is 0 Å². The molecule has 0 aromatic heterocycles. The molecule has 0 heterocycles. The number of rotatable bonds is 7. The third-order valence-corrected chi connectivity index (χ3v) is 3.25. The van der Waals surface area contributed by atoms with E-state index in [9.17, 15) is 9.59 Å². The van der Waals surface area contributed by atoms with Crippen LogP contribution in [0.4, 0.5) is 0 Å². The number of ether oxygens (including phenoxy) is 1. The first kappa shape index (κ1) is 13.2. The summed E-state index contributed by atoms with van der Waals surface area (Å²) >= 11 is 0. The molecule has 1 rings (SSSR count). The standard InChI is InChI=1S/C12H21NO3/c1-4-13(5-2)12(7-8-12)9-10(14)11(15)16-6-3/h4-9H2,1-3H3. The average Bonchev–Trinajstić information content (AvgIpc) is 3.01. The Morgan fingerprint density at radius 1 is 1.19 bits per heavy atom. The van der Waals surface area contributed by atoms with Gasteiger partial charge in [0.15, 0.2) is 0 Å². The van der Waals surface area contributed by atoms with Crippen LogP contribution >= 0.6 is 0 Å². The van der Waals surface area contributed by atoms with E-state index in [4.69, 9.17) is 4.74 Å². The van der Waals surface area contributed by atoms with Crippen molar-refractivity contribution in [1.29, 1.82) is 0 Å². The minimum absolute atomic E-state index is 0.0483. The highest BCUT2D eigenvalue weighted by molar-refractivity contribution is 6.33. The van der Waals surface area contributed by atoms with Gasteiger partial charge in [-0.1, -0.05) is 13.8 Å². The Balaban J connectivity index is 2.53. The summed E-state index contributed by atoms with van der Waals surface area (Å²) in [5, 5.41) is 0. The van der Waals surface area contributed by atoms with Crippen LogP contribution < -0.4 is 0 Å². The van der Waals surface area contributed by atoms with Gasteiger partial charge in [-0.2, -0.15) is 0 Å². The molecule has 1 saturated carbocycles. The molecule has 0 N–H and O–H groups in total. The first-order valence-corrected chi connectivity index (χ1v) is 6.04. The molecule has 1 fully saturated rings. The molecule has 1 aliphatic rings. The van der Waals surface area contributed by atoms with E-state index in [1.807, 2.05) is 0 Å². The Hall–Kier alpha value is -0.900. The van der Waals surface area contributed by atoms with Crippen LogP contribution in [-0.4, -0.2) is 41.9 Å². The number of nitrogens with zero attached hydrogens (tertiary/aromatic N) is 1.